The number of nitro benzene ring substituents is 1. The molecule has 1 heterocycles. The molecule has 0 aliphatic heterocycles. The van der Waals surface area contributed by atoms with Gasteiger partial charge in [0.25, 0.3) is 5.69 Å². The monoisotopic (exact) mass is 245 g/mol. The molecule has 0 spiro atoms. The van der Waals surface area contributed by atoms with E-state index in [-0.39, 0.29) is 17.0 Å². The van der Waals surface area contributed by atoms with Crippen molar-refractivity contribution in [2.75, 3.05) is 0 Å². The molecule has 18 heavy (non-hydrogen) atoms. The van der Waals surface area contributed by atoms with Gasteiger partial charge in [-0.05, 0) is 31.5 Å². The van der Waals surface area contributed by atoms with E-state index < -0.39 is 4.92 Å². The van der Waals surface area contributed by atoms with Crippen molar-refractivity contribution in [2.24, 2.45) is 0 Å². The Hall–Kier alpha value is -2.50. The number of aryl methyl sites for hydroxylation is 1. The number of hydrogen-bond acceptors (Lipinski definition) is 4. The lowest BCUT2D eigenvalue weighted by molar-refractivity contribution is -0.385. The quantitative estimate of drug-likeness (QED) is 0.472. The van der Waals surface area contributed by atoms with E-state index in [0.29, 0.717) is 5.69 Å². The standard InChI is InChI=1S/C12H11N3O3/c1-8-6-13-14(7-8)10-3-4-11(9(2)16)12(5-10)15(17)18/h3-7H,1-2H3. The Morgan fingerprint density at radius 2 is 2.17 bits per heavy atom. The minimum atomic E-state index is -0.559. The zero-order valence-electron chi connectivity index (χ0n) is 9.95. The molecular weight excluding hydrogens is 234 g/mol. The maximum Gasteiger partial charge on any atom is 0.282 e. The first-order chi connectivity index (χ1) is 8.49. The van der Waals surface area contributed by atoms with E-state index in [4.69, 9.17) is 0 Å². The minimum Gasteiger partial charge on any atom is -0.294 e. The highest BCUT2D eigenvalue weighted by Gasteiger charge is 2.18. The second-order valence-electron chi connectivity index (χ2n) is 3.98. The van der Waals surface area contributed by atoms with Crippen molar-refractivity contribution >= 4 is 11.5 Å². The summed E-state index contributed by atoms with van der Waals surface area (Å²) >= 11 is 0. The molecule has 1 aromatic carbocycles. The Morgan fingerprint density at radius 3 is 2.67 bits per heavy atom. The average molecular weight is 245 g/mol. The molecule has 1 aromatic heterocycles. The number of Topliss-reactive ketones (excluding diaryl/α,β-unsaturated/α-hetero) is 1. The molecule has 92 valence electrons. The number of ketones is 1. The highest BCUT2D eigenvalue weighted by atomic mass is 16.6. The van der Waals surface area contributed by atoms with Crippen LogP contribution in [0.3, 0.4) is 0 Å². The van der Waals surface area contributed by atoms with Crippen LogP contribution in [0.25, 0.3) is 5.69 Å². The molecule has 0 saturated carbocycles. The van der Waals surface area contributed by atoms with Gasteiger partial charge in [0.2, 0.25) is 0 Å². The van der Waals surface area contributed by atoms with Crippen molar-refractivity contribution in [3.63, 3.8) is 0 Å². The van der Waals surface area contributed by atoms with Crippen LogP contribution in [-0.2, 0) is 0 Å². The fourth-order valence-corrected chi connectivity index (χ4v) is 1.67. The molecule has 0 aliphatic carbocycles. The van der Waals surface area contributed by atoms with E-state index in [2.05, 4.69) is 5.10 Å². The number of rotatable bonds is 3. The number of hydrogen-bond donors (Lipinski definition) is 0. The Labute approximate surface area is 103 Å². The molecule has 0 N–H and O–H groups in total. The van der Waals surface area contributed by atoms with Crippen LogP contribution in [0.15, 0.2) is 30.6 Å². The molecule has 0 bridgehead atoms. The van der Waals surface area contributed by atoms with Gasteiger partial charge in [-0.2, -0.15) is 5.10 Å². The summed E-state index contributed by atoms with van der Waals surface area (Å²) < 4.78 is 1.53. The van der Waals surface area contributed by atoms with Gasteiger partial charge in [0.15, 0.2) is 5.78 Å². The fraction of sp³-hybridized carbons (Fsp3) is 0.167. The first-order valence-corrected chi connectivity index (χ1v) is 5.30. The molecule has 2 aromatic rings. The predicted molar refractivity (Wildman–Crippen MR) is 65.0 cm³/mol. The van der Waals surface area contributed by atoms with Crippen molar-refractivity contribution in [3.05, 3.63) is 51.8 Å². The van der Waals surface area contributed by atoms with Crippen molar-refractivity contribution in [2.45, 2.75) is 13.8 Å². The summed E-state index contributed by atoms with van der Waals surface area (Å²) in [6, 6.07) is 4.44. The van der Waals surface area contributed by atoms with Gasteiger partial charge in [-0.3, -0.25) is 14.9 Å². The molecule has 0 aliphatic rings. The zero-order chi connectivity index (χ0) is 13.3. The van der Waals surface area contributed by atoms with E-state index in [1.807, 2.05) is 6.92 Å². The minimum absolute atomic E-state index is 0.104. The largest absolute Gasteiger partial charge is 0.294 e. The molecule has 2 rings (SSSR count). The maximum absolute atomic E-state index is 11.3. The van der Waals surface area contributed by atoms with Crippen LogP contribution in [0, 0.1) is 17.0 Å². The normalized spacial score (nSPS) is 10.3. The number of carbonyl (C=O) groups is 1. The van der Waals surface area contributed by atoms with Crippen molar-refractivity contribution in [3.8, 4) is 5.69 Å². The average Bonchev–Trinajstić information content (AvgIpc) is 2.75. The summed E-state index contributed by atoms with van der Waals surface area (Å²) in [5.41, 5.74) is 1.41. The van der Waals surface area contributed by atoms with Gasteiger partial charge in [-0.15, -0.1) is 0 Å². The predicted octanol–water partition coefficient (Wildman–Crippen LogP) is 2.29. The smallest absolute Gasteiger partial charge is 0.282 e. The summed E-state index contributed by atoms with van der Waals surface area (Å²) in [6.45, 7) is 3.18. The number of aromatic nitrogens is 2. The van der Waals surface area contributed by atoms with Crippen LogP contribution in [0.5, 0.6) is 0 Å². The Bertz CT molecular complexity index is 631. The lowest BCUT2D eigenvalue weighted by atomic mass is 10.1. The first-order valence-electron chi connectivity index (χ1n) is 5.30. The van der Waals surface area contributed by atoms with E-state index in [1.165, 1.54) is 23.7 Å². The van der Waals surface area contributed by atoms with Crippen LogP contribution in [0.2, 0.25) is 0 Å². The van der Waals surface area contributed by atoms with Crippen molar-refractivity contribution < 1.29 is 9.72 Å². The van der Waals surface area contributed by atoms with E-state index in [0.717, 1.165) is 5.56 Å². The summed E-state index contributed by atoms with van der Waals surface area (Å²) in [5, 5.41) is 15.0. The third-order valence-electron chi connectivity index (χ3n) is 2.53. The molecule has 6 nitrogen and oxygen atoms in total. The SMILES string of the molecule is CC(=O)c1ccc(-n2cc(C)cn2)cc1[N+](=O)[O-]. The Balaban J connectivity index is 2.56. The topological polar surface area (TPSA) is 78.0 Å². The van der Waals surface area contributed by atoms with Gasteiger partial charge < -0.3 is 0 Å². The number of nitrogens with zero attached hydrogens (tertiary/aromatic N) is 3. The van der Waals surface area contributed by atoms with Crippen molar-refractivity contribution in [1.82, 2.24) is 9.78 Å². The van der Waals surface area contributed by atoms with Gasteiger partial charge in [-0.25, -0.2) is 4.68 Å². The molecule has 0 saturated heterocycles. The van der Waals surface area contributed by atoms with Crippen LogP contribution >= 0.6 is 0 Å². The van der Waals surface area contributed by atoms with Gasteiger partial charge >= 0.3 is 0 Å². The van der Waals surface area contributed by atoms with Gasteiger partial charge in [0, 0.05) is 12.3 Å². The molecule has 0 fully saturated rings. The van der Waals surface area contributed by atoms with Gasteiger partial charge in [-0.1, -0.05) is 0 Å². The molecular formula is C12H11N3O3. The molecule has 0 radical (unpaired) electrons. The highest BCUT2D eigenvalue weighted by molar-refractivity contribution is 5.98. The van der Waals surface area contributed by atoms with Crippen LogP contribution in [-0.4, -0.2) is 20.5 Å². The summed E-state index contributed by atoms with van der Waals surface area (Å²) in [6.07, 6.45) is 3.41. The maximum atomic E-state index is 11.3. The number of carbonyl (C=O) groups excluding carboxylic acids is 1. The lowest BCUT2D eigenvalue weighted by Crippen LogP contribution is -2.03. The summed E-state index contributed by atoms with van der Waals surface area (Å²) in [4.78, 5) is 21.7. The Morgan fingerprint density at radius 1 is 1.44 bits per heavy atom. The number of benzene rings is 1. The molecule has 0 unspecified atom stereocenters. The van der Waals surface area contributed by atoms with E-state index in [1.54, 1.807) is 18.5 Å². The molecule has 0 atom stereocenters. The Kier molecular flexibility index (Phi) is 2.93. The molecule has 6 heteroatoms. The second-order valence-corrected chi connectivity index (χ2v) is 3.98. The van der Waals surface area contributed by atoms with Crippen LogP contribution in [0.1, 0.15) is 22.8 Å². The fourth-order valence-electron chi connectivity index (χ4n) is 1.67. The van der Waals surface area contributed by atoms with Gasteiger partial charge in [0.05, 0.1) is 22.4 Å². The first kappa shape index (κ1) is 12.0. The van der Waals surface area contributed by atoms with E-state index >= 15 is 0 Å². The summed E-state index contributed by atoms with van der Waals surface area (Å²) in [7, 11) is 0. The molecule has 0 amide bonds. The lowest BCUT2D eigenvalue weighted by Gasteiger charge is -2.03. The van der Waals surface area contributed by atoms with Crippen LogP contribution < -0.4 is 0 Å². The number of nitro groups is 1. The second kappa shape index (κ2) is 4.40. The van der Waals surface area contributed by atoms with Crippen LogP contribution in [0.4, 0.5) is 5.69 Å². The highest BCUT2D eigenvalue weighted by Crippen LogP contribution is 2.22. The third kappa shape index (κ3) is 2.13. The third-order valence-corrected chi connectivity index (χ3v) is 2.53. The zero-order valence-corrected chi connectivity index (χ0v) is 9.95. The van der Waals surface area contributed by atoms with E-state index in [9.17, 15) is 14.9 Å². The summed E-state index contributed by atoms with van der Waals surface area (Å²) in [5.74, 6) is -0.329. The van der Waals surface area contributed by atoms with Crippen molar-refractivity contribution in [1.29, 1.82) is 0 Å². The van der Waals surface area contributed by atoms with Gasteiger partial charge in [0.1, 0.15) is 0 Å².